The Kier molecular flexibility index (Phi) is 10.4. The smallest absolute Gasteiger partial charge is 0.0109 e. The molecule has 2 aliphatic rings. The van der Waals surface area contributed by atoms with Crippen molar-refractivity contribution in [3.8, 4) is 0 Å². The highest BCUT2D eigenvalue weighted by Crippen LogP contribution is 2.24. The number of piperidine rings is 2. The molecule has 0 unspecified atom stereocenters. The molecule has 3 heteroatoms. The number of hydrogen-bond donors (Lipinski definition) is 1. The molecule has 1 N–H and O–H groups in total. The Labute approximate surface area is 146 Å². The van der Waals surface area contributed by atoms with Gasteiger partial charge in [-0.1, -0.05) is 41.5 Å². The minimum absolute atomic E-state index is 0.629. The van der Waals surface area contributed by atoms with E-state index in [4.69, 9.17) is 0 Å². The van der Waals surface area contributed by atoms with Crippen molar-refractivity contribution in [1.29, 1.82) is 0 Å². The van der Waals surface area contributed by atoms with Crippen molar-refractivity contribution in [3.05, 3.63) is 0 Å². The van der Waals surface area contributed by atoms with Crippen LogP contribution in [0.15, 0.2) is 0 Å². The summed E-state index contributed by atoms with van der Waals surface area (Å²) in [5.74, 6) is 1.85. The molecule has 0 atom stereocenters. The Hall–Kier alpha value is -0.120. The van der Waals surface area contributed by atoms with Crippen molar-refractivity contribution >= 4 is 0 Å². The molecule has 0 amide bonds. The summed E-state index contributed by atoms with van der Waals surface area (Å²) in [6.07, 6.45) is 5.48. The van der Waals surface area contributed by atoms with Crippen molar-refractivity contribution < 1.29 is 0 Å². The summed E-state index contributed by atoms with van der Waals surface area (Å²) < 4.78 is 0. The molecule has 0 aromatic rings. The highest BCUT2D eigenvalue weighted by molar-refractivity contribution is 4.80. The topological polar surface area (TPSA) is 18.5 Å². The zero-order chi connectivity index (χ0) is 17.2. The lowest BCUT2D eigenvalue weighted by molar-refractivity contribution is 0.125. The van der Waals surface area contributed by atoms with E-state index in [0.717, 1.165) is 17.9 Å². The van der Waals surface area contributed by atoms with Crippen molar-refractivity contribution in [1.82, 2.24) is 15.1 Å². The monoisotopic (exact) mass is 325 g/mol. The van der Waals surface area contributed by atoms with E-state index in [-0.39, 0.29) is 0 Å². The van der Waals surface area contributed by atoms with Gasteiger partial charge in [0.1, 0.15) is 0 Å². The van der Waals surface area contributed by atoms with Crippen LogP contribution in [0.3, 0.4) is 0 Å². The fourth-order valence-electron chi connectivity index (χ4n) is 3.92. The van der Waals surface area contributed by atoms with Crippen molar-refractivity contribution in [2.75, 3.05) is 39.3 Å². The van der Waals surface area contributed by atoms with Gasteiger partial charge in [-0.25, -0.2) is 0 Å². The van der Waals surface area contributed by atoms with Crippen LogP contribution in [-0.4, -0.2) is 61.2 Å². The molecule has 23 heavy (non-hydrogen) atoms. The molecule has 0 radical (unpaired) electrons. The maximum atomic E-state index is 3.69. The van der Waals surface area contributed by atoms with Crippen LogP contribution in [0.2, 0.25) is 0 Å². The molecule has 2 fully saturated rings. The van der Waals surface area contributed by atoms with Gasteiger partial charge in [-0.2, -0.15) is 0 Å². The van der Waals surface area contributed by atoms with E-state index in [9.17, 15) is 0 Å². The van der Waals surface area contributed by atoms with Crippen LogP contribution in [0, 0.1) is 11.8 Å². The van der Waals surface area contributed by atoms with E-state index < -0.39 is 0 Å². The summed E-state index contributed by atoms with van der Waals surface area (Å²) in [5.41, 5.74) is 0. The van der Waals surface area contributed by atoms with E-state index >= 15 is 0 Å². The Bertz CT molecular complexity index is 275. The first-order chi connectivity index (χ1) is 11.0. The Balaban J connectivity index is 0.00000127. The summed E-state index contributed by atoms with van der Waals surface area (Å²) in [5, 5.41) is 3.69. The molecule has 2 aliphatic heterocycles. The number of rotatable bonds is 6. The van der Waals surface area contributed by atoms with Gasteiger partial charge in [0.2, 0.25) is 0 Å². The molecule has 0 aromatic heterocycles. The Morgan fingerprint density at radius 3 is 1.61 bits per heavy atom. The normalized spacial score (nSPS) is 22.4. The lowest BCUT2D eigenvalue weighted by atomic mass is 9.87. The lowest BCUT2D eigenvalue weighted by Gasteiger charge is -2.37. The van der Waals surface area contributed by atoms with Gasteiger partial charge in [0.25, 0.3) is 0 Å². The third-order valence-electron chi connectivity index (χ3n) is 5.46. The van der Waals surface area contributed by atoms with Crippen LogP contribution in [0.25, 0.3) is 0 Å². The van der Waals surface area contributed by atoms with E-state index in [0.29, 0.717) is 6.04 Å². The van der Waals surface area contributed by atoms with Crippen LogP contribution >= 0.6 is 0 Å². The number of hydrogen-bond acceptors (Lipinski definition) is 3. The van der Waals surface area contributed by atoms with Crippen molar-refractivity contribution in [3.63, 3.8) is 0 Å². The van der Waals surface area contributed by atoms with Gasteiger partial charge >= 0.3 is 0 Å². The first-order valence-corrected chi connectivity index (χ1v) is 10.3. The van der Waals surface area contributed by atoms with Gasteiger partial charge in [0.15, 0.2) is 0 Å². The van der Waals surface area contributed by atoms with E-state index in [1.165, 1.54) is 65.0 Å². The number of nitrogens with one attached hydrogen (secondary N) is 1. The third-order valence-corrected chi connectivity index (χ3v) is 5.46. The average molecular weight is 326 g/mol. The summed E-state index contributed by atoms with van der Waals surface area (Å²) in [7, 11) is 0. The van der Waals surface area contributed by atoms with E-state index in [2.05, 4.69) is 42.8 Å². The summed E-state index contributed by atoms with van der Waals surface area (Å²) >= 11 is 0. The van der Waals surface area contributed by atoms with Gasteiger partial charge in [0, 0.05) is 25.2 Å². The molecule has 138 valence electrons. The van der Waals surface area contributed by atoms with Crippen LogP contribution in [0.4, 0.5) is 0 Å². The molecular formula is C20H43N3. The molecule has 2 rings (SSSR count). The number of nitrogens with zero attached hydrogens (tertiary/aromatic N) is 2. The van der Waals surface area contributed by atoms with Gasteiger partial charge in [-0.05, 0) is 63.7 Å². The van der Waals surface area contributed by atoms with Crippen LogP contribution in [-0.2, 0) is 0 Å². The molecule has 0 aliphatic carbocycles. The van der Waals surface area contributed by atoms with Gasteiger partial charge < -0.3 is 15.1 Å². The molecule has 2 saturated heterocycles. The fraction of sp³-hybridized carbons (Fsp3) is 1.00. The predicted molar refractivity (Wildman–Crippen MR) is 103 cm³/mol. The summed E-state index contributed by atoms with van der Waals surface area (Å²) in [6, 6.07) is 1.38. The standard InChI is InChI=1S/C18H37N3.C2H6/c1-15(2)17-5-9-20(10-6-17)13-14-21-11-7-18(8-12-21)19-16(3)4;1-2/h15-19H,5-14H2,1-4H3;1-2H3. The largest absolute Gasteiger partial charge is 0.312 e. The maximum absolute atomic E-state index is 3.69. The van der Waals surface area contributed by atoms with Crippen molar-refractivity contribution in [2.45, 2.75) is 79.3 Å². The van der Waals surface area contributed by atoms with Crippen LogP contribution < -0.4 is 5.32 Å². The fourth-order valence-corrected chi connectivity index (χ4v) is 3.92. The second kappa shape index (κ2) is 11.4. The van der Waals surface area contributed by atoms with Gasteiger partial charge in [0.05, 0.1) is 0 Å². The molecular weight excluding hydrogens is 282 g/mol. The highest BCUT2D eigenvalue weighted by atomic mass is 15.2. The first-order valence-electron chi connectivity index (χ1n) is 10.3. The molecule has 0 spiro atoms. The van der Waals surface area contributed by atoms with Gasteiger partial charge in [-0.3, -0.25) is 0 Å². The highest BCUT2D eigenvalue weighted by Gasteiger charge is 2.23. The quantitative estimate of drug-likeness (QED) is 0.800. The summed E-state index contributed by atoms with van der Waals surface area (Å²) in [4.78, 5) is 5.37. The predicted octanol–water partition coefficient (Wildman–Crippen LogP) is 3.84. The second-order valence-corrected chi connectivity index (χ2v) is 7.86. The Morgan fingerprint density at radius 2 is 1.22 bits per heavy atom. The summed E-state index contributed by atoms with van der Waals surface area (Å²) in [6.45, 7) is 21.1. The Morgan fingerprint density at radius 1 is 0.783 bits per heavy atom. The zero-order valence-corrected chi connectivity index (χ0v) is 16.8. The van der Waals surface area contributed by atoms with E-state index in [1.807, 2.05) is 13.8 Å². The van der Waals surface area contributed by atoms with E-state index in [1.54, 1.807) is 0 Å². The molecule has 0 saturated carbocycles. The zero-order valence-electron chi connectivity index (χ0n) is 16.8. The molecule has 2 heterocycles. The first kappa shape index (κ1) is 20.9. The SMILES string of the molecule is CC.CC(C)NC1CCN(CCN2CCC(C(C)C)CC2)CC1. The second-order valence-electron chi connectivity index (χ2n) is 7.86. The lowest BCUT2D eigenvalue weighted by Crippen LogP contribution is -2.47. The third kappa shape index (κ3) is 8.00. The van der Waals surface area contributed by atoms with Crippen LogP contribution in [0.5, 0.6) is 0 Å². The minimum Gasteiger partial charge on any atom is -0.312 e. The van der Waals surface area contributed by atoms with Crippen molar-refractivity contribution in [2.24, 2.45) is 11.8 Å². The minimum atomic E-state index is 0.629. The number of likely N-dealkylation sites (tertiary alicyclic amines) is 2. The van der Waals surface area contributed by atoms with Gasteiger partial charge in [-0.15, -0.1) is 0 Å². The van der Waals surface area contributed by atoms with Crippen LogP contribution in [0.1, 0.15) is 67.2 Å². The molecule has 0 bridgehead atoms. The average Bonchev–Trinajstić information content (AvgIpc) is 2.56. The molecule has 3 nitrogen and oxygen atoms in total. The maximum Gasteiger partial charge on any atom is 0.0109 e. The molecule has 0 aromatic carbocycles.